The zero-order valence-corrected chi connectivity index (χ0v) is 12.3. The lowest BCUT2D eigenvalue weighted by Gasteiger charge is -2.17. The highest BCUT2D eigenvalue weighted by Gasteiger charge is 2.21. The van der Waals surface area contributed by atoms with Gasteiger partial charge in [0.1, 0.15) is 5.60 Å². The highest BCUT2D eigenvalue weighted by molar-refractivity contribution is 5.62. The highest BCUT2D eigenvalue weighted by Crippen LogP contribution is 2.28. The molecule has 0 spiro atoms. The van der Waals surface area contributed by atoms with Gasteiger partial charge in [-0.3, -0.25) is 0 Å². The first-order chi connectivity index (χ1) is 9.43. The molecule has 104 valence electrons. The summed E-state index contributed by atoms with van der Waals surface area (Å²) in [7, 11) is 0. The first-order valence-corrected chi connectivity index (χ1v) is 7.14. The third-order valence-corrected chi connectivity index (χ3v) is 3.80. The van der Waals surface area contributed by atoms with E-state index in [-0.39, 0.29) is 0 Å². The zero-order chi connectivity index (χ0) is 14.3. The minimum atomic E-state index is -1.02. The summed E-state index contributed by atoms with van der Waals surface area (Å²) in [5, 5.41) is 10.1. The van der Waals surface area contributed by atoms with Crippen LogP contribution in [-0.2, 0) is 18.4 Å². The van der Waals surface area contributed by atoms with Crippen LogP contribution >= 0.6 is 0 Å². The van der Waals surface area contributed by atoms with E-state index in [1.807, 2.05) is 13.0 Å². The van der Waals surface area contributed by atoms with E-state index in [2.05, 4.69) is 28.2 Å². The first-order valence-electron chi connectivity index (χ1n) is 7.14. The molecule has 1 aromatic carbocycles. The summed E-state index contributed by atoms with van der Waals surface area (Å²) in [6, 6.07) is 8.54. The summed E-state index contributed by atoms with van der Waals surface area (Å²) in [6.45, 7) is 5.37. The Morgan fingerprint density at radius 1 is 1.05 bits per heavy atom. The maximum Gasteiger partial charge on any atom is 0.160 e. The minimum Gasteiger partial charge on any atom is -0.382 e. The van der Waals surface area contributed by atoms with E-state index in [0.29, 0.717) is 5.82 Å². The van der Waals surface area contributed by atoms with Gasteiger partial charge in [-0.1, -0.05) is 12.1 Å². The Morgan fingerprint density at radius 3 is 2.55 bits per heavy atom. The number of rotatable bonds is 2. The number of fused-ring (bicyclic) bond motifs is 1. The third kappa shape index (κ3) is 2.46. The molecular weight excluding hydrogens is 248 g/mol. The van der Waals surface area contributed by atoms with Gasteiger partial charge in [0.05, 0.1) is 5.69 Å². The molecule has 1 aromatic heterocycles. The van der Waals surface area contributed by atoms with Gasteiger partial charge < -0.3 is 5.11 Å². The van der Waals surface area contributed by atoms with Crippen molar-refractivity contribution in [2.75, 3.05) is 0 Å². The predicted molar refractivity (Wildman–Crippen MR) is 79.5 cm³/mol. The van der Waals surface area contributed by atoms with E-state index in [0.717, 1.165) is 23.4 Å². The third-order valence-electron chi connectivity index (χ3n) is 3.80. The monoisotopic (exact) mass is 268 g/mol. The van der Waals surface area contributed by atoms with Crippen LogP contribution in [0.4, 0.5) is 0 Å². The van der Waals surface area contributed by atoms with Crippen molar-refractivity contribution in [1.82, 2.24) is 9.97 Å². The summed E-state index contributed by atoms with van der Waals surface area (Å²) in [6.07, 6.45) is 3.59. The molecule has 1 heterocycles. The largest absolute Gasteiger partial charge is 0.382 e. The van der Waals surface area contributed by atoms with Gasteiger partial charge >= 0.3 is 0 Å². The summed E-state index contributed by atoms with van der Waals surface area (Å²) >= 11 is 0. The van der Waals surface area contributed by atoms with E-state index in [4.69, 9.17) is 0 Å². The van der Waals surface area contributed by atoms with Gasteiger partial charge in [-0.25, -0.2) is 9.97 Å². The van der Waals surface area contributed by atoms with E-state index in [1.54, 1.807) is 13.8 Å². The topological polar surface area (TPSA) is 46.0 Å². The summed E-state index contributed by atoms with van der Waals surface area (Å²) < 4.78 is 0. The number of aromatic nitrogens is 2. The quantitative estimate of drug-likeness (QED) is 0.910. The molecule has 20 heavy (non-hydrogen) atoms. The second-order valence-corrected chi connectivity index (χ2v) is 6.11. The van der Waals surface area contributed by atoms with Crippen LogP contribution in [0, 0.1) is 6.92 Å². The van der Waals surface area contributed by atoms with Crippen LogP contribution in [0.1, 0.15) is 42.9 Å². The number of aliphatic hydroxyl groups is 1. The van der Waals surface area contributed by atoms with Crippen molar-refractivity contribution in [1.29, 1.82) is 0 Å². The summed E-state index contributed by atoms with van der Waals surface area (Å²) in [5.74, 6) is 0.480. The van der Waals surface area contributed by atoms with Gasteiger partial charge in [0.15, 0.2) is 5.82 Å². The summed E-state index contributed by atoms with van der Waals surface area (Å²) in [4.78, 5) is 8.88. The number of aryl methyl sites for hydroxylation is 3. The SMILES string of the molecule is Cc1cc(-c2ccc3c(c2)CCC3)nc(C(C)(C)O)n1. The molecular formula is C17H20N2O. The van der Waals surface area contributed by atoms with Gasteiger partial charge in [0.2, 0.25) is 0 Å². The first kappa shape index (κ1) is 13.3. The zero-order valence-electron chi connectivity index (χ0n) is 12.3. The maximum atomic E-state index is 10.1. The van der Waals surface area contributed by atoms with Crippen molar-refractivity contribution in [3.05, 3.63) is 46.9 Å². The lowest BCUT2D eigenvalue weighted by Crippen LogP contribution is -2.20. The fourth-order valence-corrected chi connectivity index (χ4v) is 2.72. The molecule has 0 aliphatic heterocycles. The lowest BCUT2D eigenvalue weighted by atomic mass is 10.0. The van der Waals surface area contributed by atoms with E-state index in [9.17, 15) is 5.11 Å². The van der Waals surface area contributed by atoms with E-state index < -0.39 is 5.60 Å². The van der Waals surface area contributed by atoms with Gasteiger partial charge in [0.25, 0.3) is 0 Å². The standard InChI is InChI=1S/C17H20N2O/c1-11-9-15(19-16(18-11)17(2,3)20)14-8-7-12-5-4-6-13(12)10-14/h7-10,20H,4-6H2,1-3H3. The normalized spacial score (nSPS) is 14.4. The number of nitrogens with zero attached hydrogens (tertiary/aromatic N) is 2. The van der Waals surface area contributed by atoms with Crippen molar-refractivity contribution in [3.8, 4) is 11.3 Å². The molecule has 1 aliphatic carbocycles. The number of hydrogen-bond donors (Lipinski definition) is 1. The van der Waals surface area contributed by atoms with Crippen LogP contribution in [-0.4, -0.2) is 15.1 Å². The van der Waals surface area contributed by atoms with Crippen LogP contribution in [0.25, 0.3) is 11.3 Å². The van der Waals surface area contributed by atoms with Crippen LogP contribution in [0.2, 0.25) is 0 Å². The molecule has 0 bridgehead atoms. The van der Waals surface area contributed by atoms with Crippen molar-refractivity contribution < 1.29 is 5.11 Å². The Labute approximate surface area is 119 Å². The van der Waals surface area contributed by atoms with Crippen molar-refractivity contribution in [2.24, 2.45) is 0 Å². The molecule has 0 unspecified atom stereocenters. The molecule has 3 heteroatoms. The Balaban J connectivity index is 2.08. The van der Waals surface area contributed by atoms with Crippen molar-refractivity contribution in [2.45, 2.75) is 45.6 Å². The number of benzene rings is 1. The van der Waals surface area contributed by atoms with E-state index >= 15 is 0 Å². The Hall–Kier alpha value is -1.74. The van der Waals surface area contributed by atoms with Crippen molar-refractivity contribution >= 4 is 0 Å². The second kappa shape index (κ2) is 4.67. The molecule has 3 rings (SSSR count). The minimum absolute atomic E-state index is 0.480. The molecule has 1 N–H and O–H groups in total. The fraction of sp³-hybridized carbons (Fsp3) is 0.412. The van der Waals surface area contributed by atoms with Gasteiger partial charge in [0, 0.05) is 11.3 Å². The van der Waals surface area contributed by atoms with Gasteiger partial charge in [-0.15, -0.1) is 0 Å². The Bertz CT molecular complexity index is 657. The smallest absolute Gasteiger partial charge is 0.160 e. The van der Waals surface area contributed by atoms with Gasteiger partial charge in [-0.2, -0.15) is 0 Å². The molecule has 0 amide bonds. The van der Waals surface area contributed by atoms with E-state index in [1.165, 1.54) is 24.0 Å². The maximum absolute atomic E-state index is 10.1. The Morgan fingerprint density at radius 2 is 1.80 bits per heavy atom. The molecule has 0 saturated heterocycles. The predicted octanol–water partition coefficient (Wildman–Crippen LogP) is 3.17. The molecule has 2 aromatic rings. The van der Waals surface area contributed by atoms with Crippen LogP contribution in [0.3, 0.4) is 0 Å². The molecule has 0 radical (unpaired) electrons. The fourth-order valence-electron chi connectivity index (χ4n) is 2.72. The van der Waals surface area contributed by atoms with Crippen molar-refractivity contribution in [3.63, 3.8) is 0 Å². The molecule has 0 fully saturated rings. The Kier molecular flexibility index (Phi) is 3.09. The van der Waals surface area contributed by atoms with Crippen LogP contribution < -0.4 is 0 Å². The number of hydrogen-bond acceptors (Lipinski definition) is 3. The lowest BCUT2D eigenvalue weighted by molar-refractivity contribution is 0.0686. The summed E-state index contributed by atoms with van der Waals surface area (Å²) in [5.41, 5.74) is 4.77. The van der Waals surface area contributed by atoms with Gasteiger partial charge in [-0.05, 0) is 63.3 Å². The second-order valence-electron chi connectivity index (χ2n) is 6.11. The molecule has 3 nitrogen and oxygen atoms in total. The molecule has 0 atom stereocenters. The molecule has 1 aliphatic rings. The van der Waals surface area contributed by atoms with Crippen LogP contribution in [0.15, 0.2) is 24.3 Å². The highest BCUT2D eigenvalue weighted by atomic mass is 16.3. The average molecular weight is 268 g/mol. The molecule has 0 saturated carbocycles. The average Bonchev–Trinajstić information content (AvgIpc) is 2.84. The van der Waals surface area contributed by atoms with Crippen LogP contribution in [0.5, 0.6) is 0 Å².